The molecule has 0 fully saturated rings. The Hall–Kier alpha value is -4.00. The highest BCUT2D eigenvalue weighted by atomic mass is 19.1. The van der Waals surface area contributed by atoms with Gasteiger partial charge in [-0.25, -0.2) is 4.39 Å². The molecule has 0 unspecified atom stereocenters. The largest absolute Gasteiger partial charge is 0.343 e. The number of benzene rings is 3. The summed E-state index contributed by atoms with van der Waals surface area (Å²) in [6.45, 7) is 1.46. The molecule has 0 atom stereocenters. The lowest BCUT2D eigenvalue weighted by atomic mass is 10.1. The molecule has 0 spiro atoms. The van der Waals surface area contributed by atoms with E-state index in [9.17, 15) is 18.8 Å². The van der Waals surface area contributed by atoms with Gasteiger partial charge in [-0.2, -0.15) is 0 Å². The number of rotatable bonds is 6. The average molecular weight is 405 g/mol. The van der Waals surface area contributed by atoms with E-state index in [1.165, 1.54) is 24.3 Å². The Morgan fingerprint density at radius 2 is 1.50 bits per heavy atom. The normalized spacial score (nSPS) is 10.2. The van der Waals surface area contributed by atoms with E-state index in [1.807, 2.05) is 18.2 Å². The summed E-state index contributed by atoms with van der Waals surface area (Å²) in [6.07, 6.45) is 0. The van der Waals surface area contributed by atoms with Crippen molar-refractivity contribution in [1.29, 1.82) is 0 Å². The Bertz CT molecular complexity index is 1070. The van der Waals surface area contributed by atoms with E-state index < -0.39 is 17.6 Å². The molecule has 0 aliphatic heterocycles. The number of carbonyl (C=O) groups is 3. The van der Waals surface area contributed by atoms with Gasteiger partial charge in [-0.1, -0.05) is 24.3 Å². The van der Waals surface area contributed by atoms with Crippen LogP contribution in [-0.4, -0.2) is 24.3 Å². The molecular formula is C23H20FN3O3. The molecule has 3 amide bonds. The number of para-hydroxylation sites is 1. The monoisotopic (exact) mass is 405 g/mol. The zero-order valence-electron chi connectivity index (χ0n) is 16.2. The molecule has 6 nitrogen and oxygen atoms in total. The van der Waals surface area contributed by atoms with E-state index in [0.29, 0.717) is 22.5 Å². The van der Waals surface area contributed by atoms with Crippen LogP contribution in [0.2, 0.25) is 0 Å². The molecule has 0 aliphatic carbocycles. The summed E-state index contributed by atoms with van der Waals surface area (Å²) in [6, 6.07) is 19.1. The summed E-state index contributed by atoms with van der Waals surface area (Å²) in [5.41, 5.74) is 2.41. The molecule has 0 heterocycles. The smallest absolute Gasteiger partial charge is 0.256 e. The van der Waals surface area contributed by atoms with Gasteiger partial charge in [-0.3, -0.25) is 14.4 Å². The maximum absolute atomic E-state index is 12.9. The molecule has 7 heteroatoms. The molecule has 152 valence electrons. The van der Waals surface area contributed by atoms with E-state index in [0.717, 1.165) is 0 Å². The van der Waals surface area contributed by atoms with E-state index in [-0.39, 0.29) is 18.0 Å². The highest BCUT2D eigenvalue weighted by molar-refractivity contribution is 6.07. The lowest BCUT2D eigenvalue weighted by molar-refractivity contribution is -0.115. The van der Waals surface area contributed by atoms with Gasteiger partial charge in [0.2, 0.25) is 5.91 Å². The van der Waals surface area contributed by atoms with Crippen molar-refractivity contribution in [3.8, 4) is 0 Å². The minimum atomic E-state index is -0.488. The van der Waals surface area contributed by atoms with E-state index in [4.69, 9.17) is 0 Å². The third-order valence-corrected chi connectivity index (χ3v) is 4.40. The lowest BCUT2D eigenvalue weighted by Gasteiger charge is -2.13. The summed E-state index contributed by atoms with van der Waals surface area (Å²) in [4.78, 5) is 36.8. The minimum Gasteiger partial charge on any atom is -0.343 e. The quantitative estimate of drug-likeness (QED) is 0.584. The summed E-state index contributed by atoms with van der Waals surface area (Å²) in [5, 5.41) is 7.97. The minimum absolute atomic E-state index is 0.250. The summed E-state index contributed by atoms with van der Waals surface area (Å²) in [7, 11) is 0. The topological polar surface area (TPSA) is 87.3 Å². The van der Waals surface area contributed by atoms with Crippen LogP contribution in [0.15, 0.2) is 72.8 Å². The lowest BCUT2D eigenvalue weighted by Crippen LogP contribution is -2.33. The van der Waals surface area contributed by atoms with Gasteiger partial charge in [-0.15, -0.1) is 0 Å². The number of amides is 3. The molecule has 3 N–H and O–H groups in total. The summed E-state index contributed by atoms with van der Waals surface area (Å²) < 4.78 is 12.9. The van der Waals surface area contributed by atoms with Crippen LogP contribution < -0.4 is 16.0 Å². The Balaban J connectivity index is 1.61. The molecule has 3 aromatic rings. The highest BCUT2D eigenvalue weighted by Crippen LogP contribution is 2.20. The Kier molecular flexibility index (Phi) is 6.54. The van der Waals surface area contributed by atoms with Crippen molar-refractivity contribution in [3.63, 3.8) is 0 Å². The summed E-state index contributed by atoms with van der Waals surface area (Å²) in [5.74, 6) is -1.68. The molecule has 0 saturated heterocycles. The fourth-order valence-electron chi connectivity index (χ4n) is 2.80. The van der Waals surface area contributed by atoms with E-state index >= 15 is 0 Å². The van der Waals surface area contributed by atoms with Crippen molar-refractivity contribution < 1.29 is 18.8 Å². The van der Waals surface area contributed by atoms with Gasteiger partial charge >= 0.3 is 0 Å². The number of anilines is 2. The molecule has 0 aromatic heterocycles. The van der Waals surface area contributed by atoms with Crippen molar-refractivity contribution in [2.75, 3.05) is 17.2 Å². The van der Waals surface area contributed by atoms with Gasteiger partial charge in [0.05, 0.1) is 6.54 Å². The summed E-state index contributed by atoms with van der Waals surface area (Å²) >= 11 is 0. The van der Waals surface area contributed by atoms with E-state index in [2.05, 4.69) is 16.0 Å². The van der Waals surface area contributed by atoms with Crippen LogP contribution in [0.3, 0.4) is 0 Å². The highest BCUT2D eigenvalue weighted by Gasteiger charge is 2.14. The molecule has 30 heavy (non-hydrogen) atoms. The van der Waals surface area contributed by atoms with Crippen molar-refractivity contribution >= 4 is 29.1 Å². The SMILES string of the molecule is Cc1c(NC(=O)CNC(=O)c2ccc(F)cc2)cccc1C(=O)Nc1ccccc1. The van der Waals surface area contributed by atoms with Crippen molar-refractivity contribution in [2.24, 2.45) is 0 Å². The fraction of sp³-hybridized carbons (Fsp3) is 0.0870. The number of halogens is 1. The standard InChI is InChI=1S/C23H20FN3O3/c1-15-19(23(30)26-18-6-3-2-4-7-18)8-5-9-20(15)27-21(28)14-25-22(29)16-10-12-17(24)13-11-16/h2-13H,14H2,1H3,(H,25,29)(H,26,30)(H,27,28). The van der Waals surface area contributed by atoms with E-state index in [1.54, 1.807) is 37.3 Å². The van der Waals surface area contributed by atoms with Crippen molar-refractivity contribution in [1.82, 2.24) is 5.32 Å². The number of hydrogen-bond acceptors (Lipinski definition) is 3. The second-order valence-electron chi connectivity index (χ2n) is 6.54. The van der Waals surface area contributed by atoms with Gasteiger partial charge in [-0.05, 0) is 61.0 Å². The molecule has 3 rings (SSSR count). The van der Waals surface area contributed by atoms with Crippen LogP contribution in [0.25, 0.3) is 0 Å². The molecule has 0 bridgehead atoms. The first-order valence-corrected chi connectivity index (χ1v) is 9.23. The second kappa shape index (κ2) is 9.47. The average Bonchev–Trinajstić information content (AvgIpc) is 2.74. The molecule has 0 radical (unpaired) electrons. The Labute approximate surface area is 173 Å². The number of carbonyl (C=O) groups excluding carboxylic acids is 3. The number of nitrogens with one attached hydrogen (secondary N) is 3. The third kappa shape index (κ3) is 5.29. The van der Waals surface area contributed by atoms with Crippen LogP contribution in [0.1, 0.15) is 26.3 Å². The van der Waals surface area contributed by atoms with Crippen LogP contribution >= 0.6 is 0 Å². The van der Waals surface area contributed by atoms with Crippen LogP contribution in [-0.2, 0) is 4.79 Å². The fourth-order valence-corrected chi connectivity index (χ4v) is 2.80. The van der Waals surface area contributed by atoms with Crippen molar-refractivity contribution in [2.45, 2.75) is 6.92 Å². The second-order valence-corrected chi connectivity index (χ2v) is 6.54. The van der Waals surface area contributed by atoms with Gasteiger partial charge < -0.3 is 16.0 Å². The van der Waals surface area contributed by atoms with Crippen molar-refractivity contribution in [3.05, 3.63) is 95.3 Å². The maximum Gasteiger partial charge on any atom is 0.256 e. The van der Waals surface area contributed by atoms with Gasteiger partial charge in [0.15, 0.2) is 0 Å². The Morgan fingerprint density at radius 3 is 2.20 bits per heavy atom. The molecule has 0 aliphatic rings. The predicted molar refractivity (Wildman–Crippen MR) is 113 cm³/mol. The Morgan fingerprint density at radius 1 is 0.800 bits per heavy atom. The maximum atomic E-state index is 12.9. The van der Waals surface area contributed by atoms with Gasteiger partial charge in [0, 0.05) is 22.5 Å². The zero-order chi connectivity index (χ0) is 21.5. The first-order valence-electron chi connectivity index (χ1n) is 9.23. The molecule has 3 aromatic carbocycles. The number of hydrogen-bond donors (Lipinski definition) is 3. The van der Waals surface area contributed by atoms with Gasteiger partial charge in [0.1, 0.15) is 5.82 Å². The molecular weight excluding hydrogens is 385 g/mol. The first-order chi connectivity index (χ1) is 14.4. The molecule has 0 saturated carbocycles. The zero-order valence-corrected chi connectivity index (χ0v) is 16.2. The first kappa shape index (κ1) is 20.7. The van der Waals surface area contributed by atoms with Crippen LogP contribution in [0, 0.1) is 12.7 Å². The third-order valence-electron chi connectivity index (χ3n) is 4.40. The van der Waals surface area contributed by atoms with Gasteiger partial charge in [0.25, 0.3) is 11.8 Å². The van der Waals surface area contributed by atoms with Crippen LogP contribution in [0.4, 0.5) is 15.8 Å². The van der Waals surface area contributed by atoms with Crippen LogP contribution in [0.5, 0.6) is 0 Å². The predicted octanol–water partition coefficient (Wildman–Crippen LogP) is 3.75.